The van der Waals surface area contributed by atoms with E-state index in [0.29, 0.717) is 19.6 Å². The summed E-state index contributed by atoms with van der Waals surface area (Å²) in [6.07, 6.45) is 6.33. The number of ether oxygens (including phenoxy) is 1. The van der Waals surface area contributed by atoms with Gasteiger partial charge in [-0.3, -0.25) is 9.69 Å². The Balaban J connectivity index is 1.02. The molecule has 1 saturated carbocycles. The summed E-state index contributed by atoms with van der Waals surface area (Å²) in [5.74, 6) is -1.09. The standard InChI is InChI=1S/C40H52F3N5O5S/c1-3-37(49)47-20-15-32(23-47)54(51,52)31-11-12-36(34(42)22-31)48-25-39(43,26-48)24-46-18-13-28(14-19-46)40(27-45-16-6-17-45,29-7-4-8-30(41)21-29)33-9-5-10-35(33)44-38(50)53-2/h3-4,7-8,11-12,21-22,28,32-33,35H,1,5-6,9-10,13-20,23-27H2,2H3,(H,44,50)/t32-,33+,35+,40+/m1/s1. The lowest BCUT2D eigenvalue weighted by atomic mass is 9.57. The third-order valence-electron chi connectivity index (χ3n) is 12.9. The number of amides is 2. The molecular weight excluding hydrogens is 720 g/mol. The van der Waals surface area contributed by atoms with E-state index in [1.54, 1.807) is 17.0 Å². The highest BCUT2D eigenvalue weighted by Crippen LogP contribution is 2.52. The second kappa shape index (κ2) is 15.5. The van der Waals surface area contributed by atoms with E-state index in [-0.39, 0.29) is 72.8 Å². The molecule has 4 heterocycles. The minimum absolute atomic E-state index is 0.0116. The van der Waals surface area contributed by atoms with Crippen molar-refractivity contribution >= 4 is 27.5 Å². The van der Waals surface area contributed by atoms with Crippen molar-refractivity contribution in [1.29, 1.82) is 0 Å². The number of alkyl carbamates (subject to hydrolysis) is 1. The van der Waals surface area contributed by atoms with Crippen molar-refractivity contribution in [2.45, 2.75) is 72.2 Å². The maximum atomic E-state index is 16.2. The molecule has 5 fully saturated rings. The average Bonchev–Trinajstić information content (AvgIpc) is 3.82. The van der Waals surface area contributed by atoms with E-state index in [9.17, 15) is 22.4 Å². The van der Waals surface area contributed by atoms with Crippen LogP contribution < -0.4 is 10.2 Å². The van der Waals surface area contributed by atoms with E-state index in [1.165, 1.54) is 30.2 Å². The van der Waals surface area contributed by atoms with Gasteiger partial charge in [-0.05, 0) is 119 Å². The zero-order valence-electron chi connectivity index (χ0n) is 31.0. The van der Waals surface area contributed by atoms with Gasteiger partial charge in [-0.25, -0.2) is 26.4 Å². The molecular formula is C40H52F3N5O5S. The molecule has 1 N–H and O–H groups in total. The van der Waals surface area contributed by atoms with Gasteiger partial charge in [0.1, 0.15) is 11.6 Å². The van der Waals surface area contributed by atoms with Crippen LogP contribution in [0.5, 0.6) is 0 Å². The molecule has 294 valence electrons. The van der Waals surface area contributed by atoms with Gasteiger partial charge >= 0.3 is 6.09 Å². The van der Waals surface area contributed by atoms with Crippen LogP contribution >= 0.6 is 0 Å². The Hall–Kier alpha value is -3.62. The third kappa shape index (κ3) is 7.49. The van der Waals surface area contributed by atoms with Gasteiger partial charge in [-0.2, -0.15) is 0 Å². The molecule has 0 bridgehead atoms. The highest BCUT2D eigenvalue weighted by molar-refractivity contribution is 7.92. The largest absolute Gasteiger partial charge is 0.453 e. The number of carbonyl (C=O) groups is 2. The highest BCUT2D eigenvalue weighted by Gasteiger charge is 2.54. The van der Waals surface area contributed by atoms with Crippen molar-refractivity contribution in [1.82, 2.24) is 20.0 Å². The van der Waals surface area contributed by atoms with E-state index >= 15 is 8.78 Å². The molecule has 2 aromatic rings. The Morgan fingerprint density at radius 1 is 0.981 bits per heavy atom. The Bertz CT molecular complexity index is 1830. The van der Waals surface area contributed by atoms with Gasteiger partial charge in [-0.1, -0.05) is 25.1 Å². The molecule has 0 unspecified atom stereocenters. The Morgan fingerprint density at radius 3 is 2.39 bits per heavy atom. The fraction of sp³-hybridized carbons (Fsp3) is 0.600. The van der Waals surface area contributed by atoms with Crippen LogP contribution in [-0.2, 0) is 24.8 Å². The number of halogens is 3. The number of sulfone groups is 1. The molecule has 14 heteroatoms. The molecule has 4 saturated heterocycles. The molecule has 54 heavy (non-hydrogen) atoms. The first-order valence-electron chi connectivity index (χ1n) is 19.3. The fourth-order valence-corrected chi connectivity index (χ4v) is 11.8. The number of rotatable bonds is 12. The molecule has 1 aliphatic carbocycles. The van der Waals surface area contributed by atoms with Crippen LogP contribution in [0.1, 0.15) is 50.5 Å². The van der Waals surface area contributed by atoms with E-state index in [0.717, 1.165) is 75.9 Å². The van der Waals surface area contributed by atoms with E-state index < -0.39 is 38.1 Å². The van der Waals surface area contributed by atoms with Gasteiger partial charge in [-0.15, -0.1) is 0 Å². The molecule has 7 rings (SSSR count). The fourth-order valence-electron chi connectivity index (χ4n) is 10.1. The maximum absolute atomic E-state index is 16.2. The molecule has 10 nitrogen and oxygen atoms in total. The van der Waals surface area contributed by atoms with Crippen molar-refractivity contribution in [2.24, 2.45) is 11.8 Å². The van der Waals surface area contributed by atoms with Gasteiger partial charge in [0, 0.05) is 37.6 Å². The predicted molar refractivity (Wildman–Crippen MR) is 200 cm³/mol. The molecule has 2 aromatic carbocycles. The summed E-state index contributed by atoms with van der Waals surface area (Å²) in [6, 6.07) is 10.6. The van der Waals surface area contributed by atoms with Crippen LogP contribution in [0.2, 0.25) is 0 Å². The SMILES string of the molecule is C=CC(=O)N1CC[C@@H](S(=O)(=O)c2ccc(N3CC(F)(CN4CCC([C@@](CN5CCC5)(c5cccc(F)c5)[C@H]5CCC[C@@H]5NC(=O)OC)CC4)C3)c(F)c2)C1. The van der Waals surface area contributed by atoms with Crippen molar-refractivity contribution in [3.63, 3.8) is 0 Å². The van der Waals surface area contributed by atoms with E-state index in [4.69, 9.17) is 4.74 Å². The second-order valence-corrected chi connectivity index (χ2v) is 18.3. The molecule has 0 radical (unpaired) electrons. The lowest BCUT2D eigenvalue weighted by molar-refractivity contribution is -0.124. The summed E-state index contributed by atoms with van der Waals surface area (Å²) >= 11 is 0. The summed E-state index contributed by atoms with van der Waals surface area (Å²) < 4.78 is 78.2. The van der Waals surface area contributed by atoms with E-state index in [1.807, 2.05) is 6.07 Å². The first-order chi connectivity index (χ1) is 25.8. The van der Waals surface area contributed by atoms with Gasteiger partial charge in [0.15, 0.2) is 15.5 Å². The third-order valence-corrected chi connectivity index (χ3v) is 15.1. The number of anilines is 1. The van der Waals surface area contributed by atoms with Crippen LogP contribution in [0.3, 0.4) is 0 Å². The van der Waals surface area contributed by atoms with Gasteiger partial charge in [0.25, 0.3) is 0 Å². The van der Waals surface area contributed by atoms with Crippen LogP contribution in [0.25, 0.3) is 0 Å². The van der Waals surface area contributed by atoms with Crippen molar-refractivity contribution in [2.75, 3.05) is 77.5 Å². The monoisotopic (exact) mass is 771 g/mol. The lowest BCUT2D eigenvalue weighted by Gasteiger charge is -2.54. The van der Waals surface area contributed by atoms with Gasteiger partial charge < -0.3 is 24.8 Å². The van der Waals surface area contributed by atoms with E-state index in [2.05, 4.69) is 21.7 Å². The first-order valence-corrected chi connectivity index (χ1v) is 20.8. The Morgan fingerprint density at radius 2 is 1.74 bits per heavy atom. The summed E-state index contributed by atoms with van der Waals surface area (Å²) in [5, 5.41) is 2.28. The Kier molecular flexibility index (Phi) is 11.1. The molecule has 4 atom stereocenters. The van der Waals surface area contributed by atoms with Crippen LogP contribution in [0.15, 0.2) is 60.0 Å². The quantitative estimate of drug-likeness (QED) is 0.304. The number of likely N-dealkylation sites (tertiary alicyclic amines) is 3. The molecule has 0 spiro atoms. The second-order valence-electron chi connectivity index (χ2n) is 16.1. The first kappa shape index (κ1) is 38.6. The summed E-state index contributed by atoms with van der Waals surface area (Å²) in [5.41, 5.74) is -0.863. The van der Waals surface area contributed by atoms with Crippen molar-refractivity contribution in [3.05, 3.63) is 72.3 Å². The molecule has 0 aromatic heterocycles. The number of hydrogen-bond donors (Lipinski definition) is 1. The summed E-state index contributed by atoms with van der Waals surface area (Å²) in [4.78, 5) is 31.9. The number of benzene rings is 2. The zero-order valence-corrected chi connectivity index (χ0v) is 31.8. The number of methoxy groups -OCH3 is 1. The number of nitrogens with zero attached hydrogens (tertiary/aromatic N) is 4. The lowest BCUT2D eigenvalue weighted by Crippen LogP contribution is -2.65. The highest BCUT2D eigenvalue weighted by atomic mass is 32.2. The minimum Gasteiger partial charge on any atom is -0.453 e. The predicted octanol–water partition coefficient (Wildman–Crippen LogP) is 4.93. The van der Waals surface area contributed by atoms with Crippen molar-refractivity contribution < 1.29 is 35.9 Å². The molecule has 5 aliphatic rings. The minimum atomic E-state index is -3.88. The number of hydrogen-bond acceptors (Lipinski definition) is 8. The Labute approximate surface area is 316 Å². The summed E-state index contributed by atoms with van der Waals surface area (Å²) in [7, 11) is -2.51. The number of alkyl halides is 1. The molecule has 4 aliphatic heterocycles. The normalized spacial score (nSPS) is 26.1. The smallest absolute Gasteiger partial charge is 0.407 e. The number of piperidine rings is 1. The van der Waals surface area contributed by atoms with Crippen LogP contribution in [0, 0.1) is 23.5 Å². The summed E-state index contributed by atoms with van der Waals surface area (Å²) in [6.45, 7) is 8.01. The number of nitrogens with one attached hydrogen (secondary N) is 1. The number of carbonyl (C=O) groups excluding carboxylic acids is 2. The topological polar surface area (TPSA) is 103 Å². The zero-order chi connectivity index (χ0) is 38.3. The van der Waals surface area contributed by atoms with Gasteiger partial charge in [0.05, 0.1) is 36.0 Å². The maximum Gasteiger partial charge on any atom is 0.407 e. The van der Waals surface area contributed by atoms with Crippen LogP contribution in [0.4, 0.5) is 23.7 Å². The van der Waals surface area contributed by atoms with Crippen LogP contribution in [-0.4, -0.2) is 125 Å². The molecule has 2 amide bonds. The average molecular weight is 772 g/mol. The van der Waals surface area contributed by atoms with Gasteiger partial charge in [0.2, 0.25) is 5.91 Å². The van der Waals surface area contributed by atoms with Crippen molar-refractivity contribution in [3.8, 4) is 0 Å².